The third-order valence-corrected chi connectivity index (χ3v) is 6.22. The first kappa shape index (κ1) is 15.2. The number of aliphatic hydroxyl groups is 1. The molecule has 2 unspecified atom stereocenters. The molecule has 2 saturated heterocycles. The van der Waals surface area contributed by atoms with Crippen molar-refractivity contribution in [3.05, 3.63) is 0 Å². The van der Waals surface area contributed by atoms with Crippen molar-refractivity contribution in [1.29, 1.82) is 0 Å². The predicted molar refractivity (Wildman–Crippen MR) is 75.5 cm³/mol. The highest BCUT2D eigenvalue weighted by atomic mass is 32.2. The Balaban J connectivity index is 1.94. The van der Waals surface area contributed by atoms with E-state index in [2.05, 4.69) is 5.32 Å². The molecule has 2 aliphatic heterocycles. The van der Waals surface area contributed by atoms with Crippen LogP contribution in [0.2, 0.25) is 0 Å². The second kappa shape index (κ2) is 6.08. The minimum Gasteiger partial charge on any atom is -0.390 e. The molecule has 0 spiro atoms. The second-order valence-corrected chi connectivity index (χ2v) is 8.19. The molecule has 0 radical (unpaired) electrons. The van der Waals surface area contributed by atoms with Crippen LogP contribution in [0.5, 0.6) is 0 Å². The minimum absolute atomic E-state index is 0.0995. The summed E-state index contributed by atoms with van der Waals surface area (Å²) >= 11 is 0. The quantitative estimate of drug-likeness (QED) is 0.802. The molecule has 2 fully saturated rings. The van der Waals surface area contributed by atoms with Gasteiger partial charge in [0.1, 0.15) is 0 Å². The van der Waals surface area contributed by atoms with Gasteiger partial charge in [0.25, 0.3) is 0 Å². The molecule has 5 nitrogen and oxygen atoms in total. The van der Waals surface area contributed by atoms with Gasteiger partial charge in [0.2, 0.25) is 10.0 Å². The summed E-state index contributed by atoms with van der Waals surface area (Å²) in [5.41, 5.74) is -0.715. The summed E-state index contributed by atoms with van der Waals surface area (Å²) in [5, 5.41) is 13.3. The fraction of sp³-hybridized carbons (Fsp3) is 1.00. The number of nitrogens with zero attached hydrogens (tertiary/aromatic N) is 1. The number of rotatable bonds is 3. The highest BCUT2D eigenvalue weighted by molar-refractivity contribution is 7.89. The molecule has 2 rings (SSSR count). The molecular weight excluding hydrogens is 264 g/mol. The van der Waals surface area contributed by atoms with Crippen LogP contribution < -0.4 is 5.32 Å². The maximum atomic E-state index is 12.4. The number of piperidine rings is 1. The lowest BCUT2D eigenvalue weighted by Crippen LogP contribution is -2.44. The molecule has 2 heterocycles. The molecular formula is C13H26N2O3S. The first-order valence-corrected chi connectivity index (χ1v) is 8.94. The molecule has 0 aromatic carbocycles. The number of hydrogen-bond acceptors (Lipinski definition) is 4. The van der Waals surface area contributed by atoms with Crippen LogP contribution in [-0.4, -0.2) is 54.9 Å². The van der Waals surface area contributed by atoms with Crippen LogP contribution in [0, 0.1) is 0 Å². The van der Waals surface area contributed by atoms with Gasteiger partial charge in [-0.3, -0.25) is 0 Å². The summed E-state index contributed by atoms with van der Waals surface area (Å²) in [7, 11) is -3.20. The van der Waals surface area contributed by atoms with Crippen LogP contribution in [0.1, 0.15) is 45.4 Å². The Morgan fingerprint density at radius 3 is 2.74 bits per heavy atom. The molecule has 0 saturated carbocycles. The van der Waals surface area contributed by atoms with Gasteiger partial charge in [0.15, 0.2) is 0 Å². The number of nitrogens with one attached hydrogen (secondary N) is 1. The van der Waals surface area contributed by atoms with Gasteiger partial charge in [-0.2, -0.15) is 0 Å². The van der Waals surface area contributed by atoms with Crippen molar-refractivity contribution < 1.29 is 13.5 Å². The van der Waals surface area contributed by atoms with Crippen molar-refractivity contribution in [3.8, 4) is 0 Å². The summed E-state index contributed by atoms with van der Waals surface area (Å²) in [6.45, 7) is 3.72. The van der Waals surface area contributed by atoms with Gasteiger partial charge in [0.05, 0.1) is 11.4 Å². The highest BCUT2D eigenvalue weighted by Gasteiger charge is 2.32. The van der Waals surface area contributed by atoms with Crippen LogP contribution >= 0.6 is 0 Å². The van der Waals surface area contributed by atoms with Crippen molar-refractivity contribution in [1.82, 2.24) is 9.62 Å². The van der Waals surface area contributed by atoms with Gasteiger partial charge in [-0.25, -0.2) is 12.7 Å². The van der Waals surface area contributed by atoms with Crippen LogP contribution in [0.15, 0.2) is 0 Å². The van der Waals surface area contributed by atoms with Gasteiger partial charge < -0.3 is 10.4 Å². The van der Waals surface area contributed by atoms with Crippen LogP contribution in [0.4, 0.5) is 0 Å². The first-order valence-electron chi connectivity index (χ1n) is 7.33. The zero-order valence-corrected chi connectivity index (χ0v) is 12.6. The molecule has 112 valence electrons. The van der Waals surface area contributed by atoms with E-state index in [1.807, 2.05) is 0 Å². The molecule has 0 amide bonds. The van der Waals surface area contributed by atoms with E-state index in [-0.39, 0.29) is 11.8 Å². The lowest BCUT2D eigenvalue weighted by atomic mass is 9.98. The normalized spacial score (nSPS) is 34.9. The van der Waals surface area contributed by atoms with E-state index in [0.717, 1.165) is 32.2 Å². The number of hydrogen-bond donors (Lipinski definition) is 2. The molecule has 19 heavy (non-hydrogen) atoms. The van der Waals surface area contributed by atoms with Crippen molar-refractivity contribution in [2.24, 2.45) is 0 Å². The maximum Gasteiger partial charge on any atom is 0.215 e. The monoisotopic (exact) mass is 290 g/mol. The lowest BCUT2D eigenvalue weighted by molar-refractivity contribution is 0.0465. The topological polar surface area (TPSA) is 69.6 Å². The Morgan fingerprint density at radius 2 is 2.05 bits per heavy atom. The predicted octanol–water partition coefficient (Wildman–Crippen LogP) is 0.695. The summed E-state index contributed by atoms with van der Waals surface area (Å²) in [6, 6.07) is 0.0995. The van der Waals surface area contributed by atoms with Crippen LogP contribution in [0.3, 0.4) is 0 Å². The average Bonchev–Trinajstić information content (AvgIpc) is 2.51. The molecule has 2 N–H and O–H groups in total. The molecule has 0 aromatic rings. The van der Waals surface area contributed by atoms with E-state index in [9.17, 15) is 13.5 Å². The Bertz CT molecular complexity index is 389. The lowest BCUT2D eigenvalue weighted by Gasteiger charge is -2.27. The van der Waals surface area contributed by atoms with E-state index >= 15 is 0 Å². The molecule has 0 aromatic heterocycles. The van der Waals surface area contributed by atoms with E-state index < -0.39 is 15.6 Å². The van der Waals surface area contributed by atoms with Gasteiger partial charge in [-0.15, -0.1) is 0 Å². The summed E-state index contributed by atoms with van der Waals surface area (Å²) in [5.74, 6) is 0.204. The fourth-order valence-electron chi connectivity index (χ4n) is 2.94. The number of sulfonamides is 1. The molecule has 6 heteroatoms. The van der Waals surface area contributed by atoms with E-state index in [0.29, 0.717) is 25.9 Å². The van der Waals surface area contributed by atoms with Gasteiger partial charge in [0, 0.05) is 19.1 Å². The smallest absolute Gasteiger partial charge is 0.215 e. The standard InChI is InChI=1S/C13H26N2O3S/c1-13(16)6-4-9-15(10-7-13)19(17,18)11-12-5-2-3-8-14-12/h12,14,16H,2-11H2,1H3. The van der Waals surface area contributed by atoms with E-state index in [1.54, 1.807) is 11.2 Å². The molecule has 0 bridgehead atoms. The van der Waals surface area contributed by atoms with Crippen LogP contribution in [0.25, 0.3) is 0 Å². The minimum atomic E-state index is -3.20. The largest absolute Gasteiger partial charge is 0.390 e. The zero-order chi connectivity index (χ0) is 13.9. The third kappa shape index (κ3) is 4.41. The molecule has 2 atom stereocenters. The Kier molecular flexibility index (Phi) is 4.87. The van der Waals surface area contributed by atoms with Gasteiger partial charge >= 0.3 is 0 Å². The average molecular weight is 290 g/mol. The summed E-state index contributed by atoms with van der Waals surface area (Å²) in [4.78, 5) is 0. The Hall–Kier alpha value is -0.170. The zero-order valence-electron chi connectivity index (χ0n) is 11.8. The van der Waals surface area contributed by atoms with E-state index in [1.165, 1.54) is 0 Å². The Labute approximate surface area is 116 Å². The Morgan fingerprint density at radius 1 is 1.26 bits per heavy atom. The van der Waals surface area contributed by atoms with Crippen LogP contribution in [-0.2, 0) is 10.0 Å². The fourth-order valence-corrected chi connectivity index (χ4v) is 4.72. The molecule has 2 aliphatic rings. The van der Waals surface area contributed by atoms with E-state index in [4.69, 9.17) is 0 Å². The summed E-state index contributed by atoms with van der Waals surface area (Å²) in [6.07, 6.45) is 5.16. The highest BCUT2D eigenvalue weighted by Crippen LogP contribution is 2.23. The SMILES string of the molecule is CC1(O)CCCN(S(=O)(=O)CC2CCCCN2)CC1. The van der Waals surface area contributed by atoms with Crippen molar-refractivity contribution in [2.45, 2.75) is 57.1 Å². The van der Waals surface area contributed by atoms with Crippen molar-refractivity contribution >= 4 is 10.0 Å². The van der Waals surface area contributed by atoms with Crippen molar-refractivity contribution in [2.75, 3.05) is 25.4 Å². The van der Waals surface area contributed by atoms with Gasteiger partial charge in [-0.1, -0.05) is 6.42 Å². The van der Waals surface area contributed by atoms with Crippen molar-refractivity contribution in [3.63, 3.8) is 0 Å². The first-order chi connectivity index (χ1) is 8.89. The van der Waals surface area contributed by atoms with Gasteiger partial charge in [-0.05, 0) is 45.6 Å². The summed E-state index contributed by atoms with van der Waals surface area (Å²) < 4.78 is 26.4. The molecule has 0 aliphatic carbocycles. The maximum absolute atomic E-state index is 12.4. The second-order valence-electron chi connectivity index (χ2n) is 6.17. The third-order valence-electron chi connectivity index (χ3n) is 4.24.